The SMILES string of the molecule is COc1ccc(F)cc1-c1cc(C)no1. The quantitative estimate of drug-likeness (QED) is 0.759. The second kappa shape index (κ2) is 3.73. The summed E-state index contributed by atoms with van der Waals surface area (Å²) in [6, 6.07) is 5.99. The van der Waals surface area contributed by atoms with E-state index in [-0.39, 0.29) is 5.82 Å². The number of benzene rings is 1. The minimum absolute atomic E-state index is 0.333. The summed E-state index contributed by atoms with van der Waals surface area (Å²) < 4.78 is 23.2. The van der Waals surface area contributed by atoms with Crippen LogP contribution in [0.3, 0.4) is 0 Å². The minimum atomic E-state index is -0.333. The first-order chi connectivity index (χ1) is 7.20. The Kier molecular flexibility index (Phi) is 2.41. The van der Waals surface area contributed by atoms with E-state index in [0.717, 1.165) is 5.69 Å². The van der Waals surface area contributed by atoms with Gasteiger partial charge in [0, 0.05) is 6.07 Å². The molecular formula is C11H10FNO2. The maximum absolute atomic E-state index is 13.1. The van der Waals surface area contributed by atoms with E-state index in [0.29, 0.717) is 17.1 Å². The zero-order chi connectivity index (χ0) is 10.8. The molecule has 1 heterocycles. The molecule has 3 nitrogen and oxygen atoms in total. The number of aryl methyl sites for hydroxylation is 1. The van der Waals surface area contributed by atoms with Crippen molar-refractivity contribution >= 4 is 0 Å². The lowest BCUT2D eigenvalue weighted by Gasteiger charge is -2.04. The Morgan fingerprint density at radius 1 is 1.33 bits per heavy atom. The lowest BCUT2D eigenvalue weighted by Crippen LogP contribution is -1.87. The summed E-state index contributed by atoms with van der Waals surface area (Å²) in [6.45, 7) is 1.80. The van der Waals surface area contributed by atoms with Crippen molar-refractivity contribution in [3.63, 3.8) is 0 Å². The fourth-order valence-electron chi connectivity index (χ4n) is 1.36. The first-order valence-electron chi connectivity index (χ1n) is 4.48. The number of hydrogen-bond acceptors (Lipinski definition) is 3. The minimum Gasteiger partial charge on any atom is -0.496 e. The maximum atomic E-state index is 13.1. The topological polar surface area (TPSA) is 35.3 Å². The standard InChI is InChI=1S/C11H10FNO2/c1-7-5-11(15-13-7)9-6-8(12)3-4-10(9)14-2/h3-6H,1-2H3. The molecule has 0 N–H and O–H groups in total. The Labute approximate surface area is 86.5 Å². The Balaban J connectivity index is 2.55. The third-order valence-corrected chi connectivity index (χ3v) is 2.05. The van der Waals surface area contributed by atoms with Crippen LogP contribution in [0.5, 0.6) is 5.75 Å². The summed E-state index contributed by atoms with van der Waals surface area (Å²) in [7, 11) is 1.53. The first kappa shape index (κ1) is 9.71. The van der Waals surface area contributed by atoms with Gasteiger partial charge < -0.3 is 9.26 Å². The Hall–Kier alpha value is -1.84. The highest BCUT2D eigenvalue weighted by atomic mass is 19.1. The van der Waals surface area contributed by atoms with Gasteiger partial charge in [-0.2, -0.15) is 0 Å². The van der Waals surface area contributed by atoms with E-state index >= 15 is 0 Å². The van der Waals surface area contributed by atoms with Crippen molar-refractivity contribution in [1.29, 1.82) is 0 Å². The van der Waals surface area contributed by atoms with Crippen LogP contribution in [0.15, 0.2) is 28.8 Å². The molecular weight excluding hydrogens is 197 g/mol. The van der Waals surface area contributed by atoms with Gasteiger partial charge in [0.1, 0.15) is 11.6 Å². The molecule has 4 heteroatoms. The van der Waals surface area contributed by atoms with Crippen molar-refractivity contribution in [2.24, 2.45) is 0 Å². The molecule has 78 valence electrons. The van der Waals surface area contributed by atoms with Gasteiger partial charge in [0.05, 0.1) is 18.4 Å². The number of methoxy groups -OCH3 is 1. The van der Waals surface area contributed by atoms with Gasteiger partial charge >= 0.3 is 0 Å². The second-order valence-electron chi connectivity index (χ2n) is 3.18. The summed E-state index contributed by atoms with van der Waals surface area (Å²) in [5.74, 6) is 0.733. The van der Waals surface area contributed by atoms with Gasteiger partial charge in [-0.15, -0.1) is 0 Å². The highest BCUT2D eigenvalue weighted by Gasteiger charge is 2.11. The molecule has 15 heavy (non-hydrogen) atoms. The zero-order valence-electron chi connectivity index (χ0n) is 8.45. The van der Waals surface area contributed by atoms with E-state index in [4.69, 9.17) is 9.26 Å². The molecule has 0 aliphatic rings. The summed E-state index contributed by atoms with van der Waals surface area (Å²) in [5.41, 5.74) is 1.31. The van der Waals surface area contributed by atoms with Gasteiger partial charge in [-0.1, -0.05) is 5.16 Å². The Bertz CT molecular complexity index is 479. The molecule has 0 fully saturated rings. The molecule has 0 amide bonds. The van der Waals surface area contributed by atoms with Crippen molar-refractivity contribution in [2.45, 2.75) is 6.92 Å². The number of aromatic nitrogens is 1. The van der Waals surface area contributed by atoms with Crippen molar-refractivity contribution < 1.29 is 13.7 Å². The second-order valence-corrected chi connectivity index (χ2v) is 3.18. The van der Waals surface area contributed by atoms with Crippen molar-refractivity contribution in [3.05, 3.63) is 35.8 Å². The monoisotopic (exact) mass is 207 g/mol. The van der Waals surface area contributed by atoms with Gasteiger partial charge in [-0.25, -0.2) is 4.39 Å². The van der Waals surface area contributed by atoms with Crippen LogP contribution >= 0.6 is 0 Å². The number of hydrogen-bond donors (Lipinski definition) is 0. The summed E-state index contributed by atoms with van der Waals surface area (Å²) >= 11 is 0. The number of rotatable bonds is 2. The van der Waals surface area contributed by atoms with Crippen LogP contribution in [-0.4, -0.2) is 12.3 Å². The van der Waals surface area contributed by atoms with E-state index in [1.54, 1.807) is 19.1 Å². The number of ether oxygens (including phenoxy) is 1. The van der Waals surface area contributed by atoms with Crippen LogP contribution in [-0.2, 0) is 0 Å². The normalized spacial score (nSPS) is 10.3. The van der Waals surface area contributed by atoms with Crippen LogP contribution in [0.1, 0.15) is 5.69 Å². The predicted molar refractivity (Wildman–Crippen MR) is 53.2 cm³/mol. The van der Waals surface area contributed by atoms with Gasteiger partial charge in [0.2, 0.25) is 0 Å². The maximum Gasteiger partial charge on any atom is 0.170 e. The lowest BCUT2D eigenvalue weighted by molar-refractivity contribution is 0.403. The van der Waals surface area contributed by atoms with Gasteiger partial charge in [-0.3, -0.25) is 0 Å². The molecule has 0 spiro atoms. The average molecular weight is 207 g/mol. The van der Waals surface area contributed by atoms with Crippen molar-refractivity contribution in [1.82, 2.24) is 5.16 Å². The summed E-state index contributed by atoms with van der Waals surface area (Å²) in [4.78, 5) is 0. The zero-order valence-corrected chi connectivity index (χ0v) is 8.45. The highest BCUT2D eigenvalue weighted by Crippen LogP contribution is 2.30. The van der Waals surface area contributed by atoms with Crippen LogP contribution in [0, 0.1) is 12.7 Å². The predicted octanol–water partition coefficient (Wildman–Crippen LogP) is 2.80. The molecule has 0 radical (unpaired) electrons. The van der Waals surface area contributed by atoms with Crippen LogP contribution in [0.2, 0.25) is 0 Å². The van der Waals surface area contributed by atoms with Gasteiger partial charge in [0.25, 0.3) is 0 Å². The molecule has 0 saturated heterocycles. The van der Waals surface area contributed by atoms with Crippen molar-refractivity contribution in [2.75, 3.05) is 7.11 Å². The molecule has 2 aromatic rings. The molecule has 1 aromatic carbocycles. The summed E-state index contributed by atoms with van der Waals surface area (Å²) in [6.07, 6.45) is 0. The Morgan fingerprint density at radius 3 is 2.73 bits per heavy atom. The number of halogens is 1. The molecule has 0 bridgehead atoms. The molecule has 1 aromatic heterocycles. The highest BCUT2D eigenvalue weighted by molar-refractivity contribution is 5.65. The van der Waals surface area contributed by atoms with Crippen LogP contribution < -0.4 is 4.74 Å². The third-order valence-electron chi connectivity index (χ3n) is 2.05. The van der Waals surface area contributed by atoms with E-state index in [9.17, 15) is 4.39 Å². The number of nitrogens with zero attached hydrogens (tertiary/aromatic N) is 1. The average Bonchev–Trinajstić information content (AvgIpc) is 2.65. The largest absolute Gasteiger partial charge is 0.496 e. The van der Waals surface area contributed by atoms with Crippen LogP contribution in [0.25, 0.3) is 11.3 Å². The Morgan fingerprint density at radius 2 is 2.13 bits per heavy atom. The lowest BCUT2D eigenvalue weighted by atomic mass is 10.1. The molecule has 0 unspecified atom stereocenters. The van der Waals surface area contributed by atoms with E-state index in [2.05, 4.69) is 5.16 Å². The molecule has 0 saturated carbocycles. The van der Waals surface area contributed by atoms with Crippen LogP contribution in [0.4, 0.5) is 4.39 Å². The van der Waals surface area contributed by atoms with Gasteiger partial charge in [-0.05, 0) is 25.1 Å². The molecule has 0 atom stereocenters. The van der Waals surface area contributed by atoms with E-state index < -0.39 is 0 Å². The third kappa shape index (κ3) is 1.83. The molecule has 2 rings (SSSR count). The van der Waals surface area contributed by atoms with Crippen molar-refractivity contribution in [3.8, 4) is 17.1 Å². The molecule has 0 aliphatic heterocycles. The first-order valence-corrected chi connectivity index (χ1v) is 4.48. The summed E-state index contributed by atoms with van der Waals surface area (Å²) in [5, 5.41) is 3.75. The van der Waals surface area contributed by atoms with Gasteiger partial charge in [0.15, 0.2) is 5.76 Å². The molecule has 0 aliphatic carbocycles. The fourth-order valence-corrected chi connectivity index (χ4v) is 1.36. The van der Waals surface area contributed by atoms with E-state index in [1.165, 1.54) is 19.2 Å². The smallest absolute Gasteiger partial charge is 0.170 e. The van der Waals surface area contributed by atoms with E-state index in [1.807, 2.05) is 0 Å². The fraction of sp³-hybridized carbons (Fsp3) is 0.182.